The van der Waals surface area contributed by atoms with Crippen LogP contribution in [0.5, 0.6) is 5.75 Å². The van der Waals surface area contributed by atoms with Gasteiger partial charge in [-0.1, -0.05) is 11.6 Å². The van der Waals surface area contributed by atoms with Gasteiger partial charge in [0.1, 0.15) is 5.75 Å². The molecule has 2 aromatic rings. The van der Waals surface area contributed by atoms with Gasteiger partial charge in [0.15, 0.2) is 5.82 Å². The summed E-state index contributed by atoms with van der Waals surface area (Å²) in [4.78, 5) is 0. The van der Waals surface area contributed by atoms with Crippen LogP contribution in [-0.4, -0.2) is 18.2 Å². The quantitative estimate of drug-likeness (QED) is 0.917. The molecule has 0 aliphatic heterocycles. The van der Waals surface area contributed by atoms with Crippen LogP contribution >= 0.6 is 11.6 Å². The van der Waals surface area contributed by atoms with Crippen molar-refractivity contribution in [3.05, 3.63) is 28.7 Å². The van der Waals surface area contributed by atoms with E-state index in [9.17, 15) is 4.39 Å². The van der Waals surface area contributed by atoms with Gasteiger partial charge in [-0.05, 0) is 13.0 Å². The van der Waals surface area contributed by atoms with Crippen LogP contribution in [0.4, 0.5) is 4.39 Å². The molecular formula is C12H14ClFN2O. The molecule has 1 aromatic carbocycles. The molecule has 0 saturated carbocycles. The second-order valence-electron chi connectivity index (χ2n) is 3.86. The summed E-state index contributed by atoms with van der Waals surface area (Å²) in [5.41, 5.74) is 6.92. The normalized spacial score (nSPS) is 11.1. The molecule has 0 radical (unpaired) electrons. The molecule has 5 heteroatoms. The van der Waals surface area contributed by atoms with E-state index in [2.05, 4.69) is 0 Å². The Hall–Kier alpha value is -1.26. The van der Waals surface area contributed by atoms with Crippen molar-refractivity contribution in [1.82, 2.24) is 4.57 Å². The number of nitrogens with two attached hydrogens (primary N) is 1. The van der Waals surface area contributed by atoms with Gasteiger partial charge >= 0.3 is 0 Å². The van der Waals surface area contributed by atoms with E-state index in [0.29, 0.717) is 24.4 Å². The second-order valence-corrected chi connectivity index (χ2v) is 4.27. The Balaban J connectivity index is 2.83. The van der Waals surface area contributed by atoms with Gasteiger partial charge in [0.25, 0.3) is 0 Å². The third-order valence-electron chi connectivity index (χ3n) is 2.82. The Kier molecular flexibility index (Phi) is 3.26. The fraction of sp³-hybridized carbons (Fsp3) is 0.333. The molecule has 0 aliphatic carbocycles. The van der Waals surface area contributed by atoms with Crippen molar-refractivity contribution in [3.63, 3.8) is 0 Å². The third-order valence-corrected chi connectivity index (χ3v) is 3.09. The Morgan fingerprint density at radius 3 is 2.76 bits per heavy atom. The molecule has 0 bridgehead atoms. The Labute approximate surface area is 104 Å². The summed E-state index contributed by atoms with van der Waals surface area (Å²) >= 11 is 5.85. The van der Waals surface area contributed by atoms with Gasteiger partial charge in [0.2, 0.25) is 0 Å². The Morgan fingerprint density at radius 2 is 2.18 bits per heavy atom. The number of methoxy groups -OCH3 is 1. The molecule has 2 N–H and O–H groups in total. The summed E-state index contributed by atoms with van der Waals surface area (Å²) in [6.45, 7) is 2.90. The van der Waals surface area contributed by atoms with Gasteiger partial charge in [-0.25, -0.2) is 4.39 Å². The number of halogens is 2. The van der Waals surface area contributed by atoms with E-state index < -0.39 is 5.82 Å². The fourth-order valence-corrected chi connectivity index (χ4v) is 2.25. The second kappa shape index (κ2) is 4.55. The van der Waals surface area contributed by atoms with Crippen molar-refractivity contribution in [3.8, 4) is 5.75 Å². The maximum absolute atomic E-state index is 14.1. The molecule has 1 heterocycles. The van der Waals surface area contributed by atoms with Crippen molar-refractivity contribution in [1.29, 1.82) is 0 Å². The number of nitrogens with zero attached hydrogens (tertiary/aromatic N) is 1. The molecule has 3 nitrogen and oxygen atoms in total. The van der Waals surface area contributed by atoms with E-state index in [1.807, 2.05) is 17.6 Å². The number of aromatic nitrogens is 1. The number of rotatable bonds is 3. The van der Waals surface area contributed by atoms with Crippen LogP contribution in [0.1, 0.15) is 5.69 Å². The van der Waals surface area contributed by atoms with Gasteiger partial charge in [-0.2, -0.15) is 0 Å². The van der Waals surface area contributed by atoms with E-state index in [0.717, 1.165) is 11.1 Å². The SMILES string of the molecule is COc1cc(Cl)c(F)c2c1cc(C)n2CCN. The highest BCUT2D eigenvalue weighted by atomic mass is 35.5. The molecule has 0 spiro atoms. The number of ether oxygens (including phenoxy) is 1. The number of benzene rings is 1. The Morgan fingerprint density at radius 1 is 1.47 bits per heavy atom. The molecule has 2 rings (SSSR count). The lowest BCUT2D eigenvalue weighted by Crippen LogP contribution is -2.11. The van der Waals surface area contributed by atoms with E-state index in [1.54, 1.807) is 7.11 Å². The molecule has 1 aromatic heterocycles. The average Bonchev–Trinajstić information content (AvgIpc) is 2.62. The minimum atomic E-state index is -0.427. The van der Waals surface area contributed by atoms with Gasteiger partial charge in [0, 0.05) is 30.2 Å². The summed E-state index contributed by atoms with van der Waals surface area (Å²) in [7, 11) is 1.54. The molecule has 0 amide bonds. The van der Waals surface area contributed by atoms with E-state index in [1.165, 1.54) is 6.07 Å². The standard InChI is InChI=1S/C12H14ClFN2O/c1-7-5-8-10(17-2)6-9(13)11(14)12(8)16(7)4-3-15/h5-6H,3-4,15H2,1-2H3. The average molecular weight is 257 g/mol. The smallest absolute Gasteiger partial charge is 0.166 e. The van der Waals surface area contributed by atoms with E-state index in [-0.39, 0.29) is 5.02 Å². The zero-order valence-corrected chi connectivity index (χ0v) is 10.5. The highest BCUT2D eigenvalue weighted by Gasteiger charge is 2.17. The van der Waals surface area contributed by atoms with Gasteiger partial charge in [-0.15, -0.1) is 0 Å². The Bertz CT molecular complexity index is 565. The van der Waals surface area contributed by atoms with Crippen LogP contribution in [0, 0.1) is 12.7 Å². The molecule has 92 valence electrons. The highest BCUT2D eigenvalue weighted by molar-refractivity contribution is 6.31. The zero-order chi connectivity index (χ0) is 12.6. The zero-order valence-electron chi connectivity index (χ0n) is 9.76. The lowest BCUT2D eigenvalue weighted by Gasteiger charge is -2.09. The predicted molar refractivity (Wildman–Crippen MR) is 67.2 cm³/mol. The minimum absolute atomic E-state index is 0.0609. The third kappa shape index (κ3) is 1.87. The maximum atomic E-state index is 14.1. The maximum Gasteiger partial charge on any atom is 0.166 e. The molecule has 0 saturated heterocycles. The highest BCUT2D eigenvalue weighted by Crippen LogP contribution is 2.35. The van der Waals surface area contributed by atoms with Crippen LogP contribution in [-0.2, 0) is 6.54 Å². The van der Waals surface area contributed by atoms with E-state index in [4.69, 9.17) is 22.1 Å². The molecule has 0 atom stereocenters. The summed E-state index contributed by atoms with van der Waals surface area (Å²) in [5.74, 6) is 0.147. The lowest BCUT2D eigenvalue weighted by atomic mass is 10.2. The van der Waals surface area contributed by atoms with Crippen LogP contribution < -0.4 is 10.5 Å². The molecular weight excluding hydrogens is 243 g/mol. The summed E-state index contributed by atoms with van der Waals surface area (Å²) in [5, 5.41) is 0.783. The van der Waals surface area contributed by atoms with Crippen LogP contribution in [0.3, 0.4) is 0 Å². The molecule has 0 aliphatic rings. The topological polar surface area (TPSA) is 40.2 Å². The molecule has 0 unspecified atom stereocenters. The largest absolute Gasteiger partial charge is 0.496 e. The lowest BCUT2D eigenvalue weighted by molar-refractivity contribution is 0.419. The van der Waals surface area contributed by atoms with Crippen molar-refractivity contribution in [2.45, 2.75) is 13.5 Å². The first-order valence-electron chi connectivity index (χ1n) is 5.32. The van der Waals surface area contributed by atoms with Gasteiger partial charge in [0.05, 0.1) is 17.6 Å². The van der Waals surface area contributed by atoms with Crippen LogP contribution in [0.25, 0.3) is 10.9 Å². The fourth-order valence-electron chi connectivity index (χ4n) is 2.06. The number of aryl methyl sites for hydroxylation is 1. The molecule has 0 fully saturated rings. The predicted octanol–water partition coefficient (Wildman–Crippen LogP) is 2.71. The van der Waals surface area contributed by atoms with Crippen LogP contribution in [0.15, 0.2) is 12.1 Å². The van der Waals surface area contributed by atoms with Crippen molar-refractivity contribution in [2.24, 2.45) is 5.73 Å². The molecule has 17 heavy (non-hydrogen) atoms. The summed E-state index contributed by atoms with van der Waals surface area (Å²) < 4.78 is 21.1. The van der Waals surface area contributed by atoms with Gasteiger partial charge in [-0.3, -0.25) is 0 Å². The summed E-state index contributed by atoms with van der Waals surface area (Å²) in [6, 6.07) is 3.37. The van der Waals surface area contributed by atoms with E-state index >= 15 is 0 Å². The van der Waals surface area contributed by atoms with Crippen molar-refractivity contribution < 1.29 is 9.13 Å². The monoisotopic (exact) mass is 256 g/mol. The first kappa shape index (κ1) is 12.2. The van der Waals surface area contributed by atoms with Gasteiger partial charge < -0.3 is 15.0 Å². The number of fused-ring (bicyclic) bond motifs is 1. The summed E-state index contributed by atoms with van der Waals surface area (Å²) in [6.07, 6.45) is 0. The minimum Gasteiger partial charge on any atom is -0.496 e. The number of hydrogen-bond acceptors (Lipinski definition) is 2. The first-order valence-corrected chi connectivity index (χ1v) is 5.69. The van der Waals surface area contributed by atoms with Crippen LogP contribution in [0.2, 0.25) is 5.02 Å². The number of hydrogen-bond donors (Lipinski definition) is 1. The first-order chi connectivity index (χ1) is 8.10. The van der Waals surface area contributed by atoms with Crippen molar-refractivity contribution in [2.75, 3.05) is 13.7 Å². The van der Waals surface area contributed by atoms with Crippen molar-refractivity contribution >= 4 is 22.5 Å².